The molecular formula is C20H24N2O5S. The van der Waals surface area contributed by atoms with Crippen LogP contribution >= 0.6 is 0 Å². The number of piperidine rings is 1. The van der Waals surface area contributed by atoms with E-state index in [1.54, 1.807) is 29.2 Å². The second-order valence-corrected chi connectivity index (χ2v) is 10.5. The number of amides is 1. The molecule has 2 bridgehead atoms. The molecule has 4 aliphatic rings. The minimum absolute atomic E-state index is 0.0896. The van der Waals surface area contributed by atoms with E-state index in [9.17, 15) is 18.0 Å². The van der Waals surface area contributed by atoms with Gasteiger partial charge < -0.3 is 9.64 Å². The van der Waals surface area contributed by atoms with Crippen LogP contribution in [0, 0.1) is 12.8 Å². The first kappa shape index (κ1) is 18.1. The number of carbonyl (C=O) groups excluding carboxylic acids is 2. The van der Waals surface area contributed by atoms with Crippen molar-refractivity contribution in [1.29, 1.82) is 0 Å². The quantitative estimate of drug-likeness (QED) is 0.702. The minimum Gasteiger partial charge on any atom is -0.469 e. The third-order valence-electron chi connectivity index (χ3n) is 7.31. The number of hydrogen-bond acceptors (Lipinski definition) is 6. The van der Waals surface area contributed by atoms with E-state index in [1.165, 1.54) is 7.11 Å². The molecule has 28 heavy (non-hydrogen) atoms. The van der Waals surface area contributed by atoms with Gasteiger partial charge in [0.15, 0.2) is 9.84 Å². The Morgan fingerprint density at radius 3 is 2.50 bits per heavy atom. The third-order valence-corrected chi connectivity index (χ3v) is 9.56. The van der Waals surface area contributed by atoms with E-state index in [0.717, 1.165) is 18.4 Å². The molecule has 5 rings (SSSR count). The van der Waals surface area contributed by atoms with Gasteiger partial charge in [0.1, 0.15) is 22.4 Å². The first-order chi connectivity index (χ1) is 13.3. The van der Waals surface area contributed by atoms with Crippen LogP contribution in [0.1, 0.15) is 31.2 Å². The smallest absolute Gasteiger partial charge is 0.312 e. The van der Waals surface area contributed by atoms with Crippen LogP contribution in [0.4, 0.5) is 0 Å². The molecule has 7 nitrogen and oxygen atoms in total. The number of esters is 1. The van der Waals surface area contributed by atoms with Crippen LogP contribution in [0.5, 0.6) is 0 Å². The lowest BCUT2D eigenvalue weighted by Crippen LogP contribution is -2.64. The molecule has 1 aromatic carbocycles. The number of hydrogen-bond donors (Lipinski definition) is 0. The fourth-order valence-electron chi connectivity index (χ4n) is 6.39. The maximum Gasteiger partial charge on any atom is 0.312 e. The fraction of sp³-hybridized carbons (Fsp3) is 0.600. The molecule has 4 aliphatic heterocycles. The zero-order valence-corrected chi connectivity index (χ0v) is 16.9. The third kappa shape index (κ3) is 1.81. The Bertz CT molecular complexity index is 975. The molecule has 4 heterocycles. The van der Waals surface area contributed by atoms with Crippen LogP contribution in [0.2, 0.25) is 0 Å². The Morgan fingerprint density at radius 2 is 1.82 bits per heavy atom. The molecule has 4 fully saturated rings. The molecule has 0 aromatic heterocycles. The first-order valence-corrected chi connectivity index (χ1v) is 11.3. The largest absolute Gasteiger partial charge is 0.469 e. The van der Waals surface area contributed by atoms with Gasteiger partial charge in [-0.2, -0.15) is 0 Å². The SMILES string of the molecule is COC(=O)[C@H]1[C@H](S(=O)(=O)c2ccc(C)cc2)C23CCCN2C(=O)C12CCCN23. The summed E-state index contributed by atoms with van der Waals surface area (Å²) in [6.45, 7) is 3.08. The summed E-state index contributed by atoms with van der Waals surface area (Å²) in [5.41, 5.74) is -1.04. The number of rotatable bonds is 3. The molecule has 2 unspecified atom stereocenters. The maximum atomic E-state index is 13.9. The van der Waals surface area contributed by atoms with Crippen molar-refractivity contribution >= 4 is 21.7 Å². The Hall–Kier alpha value is -1.93. The predicted molar refractivity (Wildman–Crippen MR) is 100 cm³/mol. The van der Waals surface area contributed by atoms with Gasteiger partial charge in [-0.1, -0.05) is 17.7 Å². The molecule has 0 aliphatic carbocycles. The number of ether oxygens (including phenoxy) is 1. The lowest BCUT2D eigenvalue weighted by molar-refractivity contribution is -0.155. The van der Waals surface area contributed by atoms with Crippen LogP contribution in [0.25, 0.3) is 0 Å². The van der Waals surface area contributed by atoms with Crippen LogP contribution in [-0.4, -0.2) is 66.7 Å². The van der Waals surface area contributed by atoms with Gasteiger partial charge in [-0.15, -0.1) is 0 Å². The minimum atomic E-state index is -3.86. The van der Waals surface area contributed by atoms with Gasteiger partial charge in [0.25, 0.3) is 0 Å². The van der Waals surface area contributed by atoms with Crippen LogP contribution < -0.4 is 0 Å². The number of sulfone groups is 1. The molecular weight excluding hydrogens is 380 g/mol. The average Bonchev–Trinajstić information content (AvgIpc) is 3.38. The topological polar surface area (TPSA) is 84.0 Å². The van der Waals surface area contributed by atoms with Gasteiger partial charge in [0.2, 0.25) is 5.91 Å². The monoisotopic (exact) mass is 404 g/mol. The standard InChI is InChI=1S/C20H24N2O5S/c1-13-5-7-14(8-6-13)28(25,26)16-15(17(23)27-2)19-9-3-12-22(19)20(16)10-4-11-21(20)18(19)24/h5-8,15-16H,3-4,9-12H2,1-2H3/t15-,16+,19?,20?/m1/s1. The Morgan fingerprint density at radius 1 is 1.14 bits per heavy atom. The molecule has 4 atom stereocenters. The van der Waals surface area contributed by atoms with E-state index in [2.05, 4.69) is 0 Å². The lowest BCUT2D eigenvalue weighted by Gasteiger charge is -2.43. The second kappa shape index (κ2) is 5.57. The summed E-state index contributed by atoms with van der Waals surface area (Å²) in [5.74, 6) is -1.68. The van der Waals surface area contributed by atoms with Crippen LogP contribution in [0.3, 0.4) is 0 Å². The van der Waals surface area contributed by atoms with Gasteiger partial charge in [-0.3, -0.25) is 14.5 Å². The van der Waals surface area contributed by atoms with E-state index in [-0.39, 0.29) is 10.8 Å². The summed E-state index contributed by atoms with van der Waals surface area (Å²) in [6.07, 6.45) is 2.60. The summed E-state index contributed by atoms with van der Waals surface area (Å²) < 4.78 is 32.8. The number of carbonyl (C=O) groups is 2. The van der Waals surface area contributed by atoms with E-state index in [0.29, 0.717) is 25.9 Å². The first-order valence-electron chi connectivity index (χ1n) is 9.80. The van der Waals surface area contributed by atoms with E-state index in [1.807, 2.05) is 11.8 Å². The number of aryl methyl sites for hydroxylation is 1. The van der Waals surface area contributed by atoms with Gasteiger partial charge in [0, 0.05) is 13.1 Å². The van der Waals surface area contributed by atoms with E-state index in [4.69, 9.17) is 4.74 Å². The maximum absolute atomic E-state index is 13.9. The van der Waals surface area contributed by atoms with Crippen molar-refractivity contribution in [3.8, 4) is 0 Å². The normalized spacial score (nSPS) is 36.6. The highest BCUT2D eigenvalue weighted by atomic mass is 32.2. The predicted octanol–water partition coefficient (Wildman–Crippen LogP) is 1.11. The molecule has 0 saturated carbocycles. The fourth-order valence-corrected chi connectivity index (χ4v) is 8.76. The zero-order chi connectivity index (χ0) is 19.9. The average molecular weight is 404 g/mol. The molecule has 150 valence electrons. The molecule has 1 amide bonds. The van der Waals surface area contributed by atoms with Crippen molar-refractivity contribution < 1.29 is 22.7 Å². The number of nitrogens with zero attached hydrogens (tertiary/aromatic N) is 2. The molecule has 1 spiro atoms. The zero-order valence-electron chi connectivity index (χ0n) is 16.1. The van der Waals surface area contributed by atoms with Crippen LogP contribution in [0.15, 0.2) is 29.2 Å². The van der Waals surface area contributed by atoms with Crippen molar-refractivity contribution in [2.24, 2.45) is 5.92 Å². The molecule has 8 heteroatoms. The summed E-state index contributed by atoms with van der Waals surface area (Å²) >= 11 is 0. The number of methoxy groups -OCH3 is 1. The van der Waals surface area contributed by atoms with Gasteiger partial charge in [0.05, 0.1) is 12.0 Å². The Balaban J connectivity index is 1.75. The molecule has 1 aromatic rings. The van der Waals surface area contributed by atoms with Crippen molar-refractivity contribution in [1.82, 2.24) is 9.80 Å². The Kier molecular flexibility index (Phi) is 3.60. The second-order valence-electron chi connectivity index (χ2n) is 8.40. The molecule has 4 saturated heterocycles. The van der Waals surface area contributed by atoms with Crippen molar-refractivity contribution in [2.45, 2.75) is 54.0 Å². The molecule has 0 radical (unpaired) electrons. The highest BCUT2D eigenvalue weighted by Crippen LogP contribution is 2.64. The number of benzene rings is 1. The van der Waals surface area contributed by atoms with E-state index < -0.39 is 38.2 Å². The van der Waals surface area contributed by atoms with Gasteiger partial charge >= 0.3 is 5.97 Å². The van der Waals surface area contributed by atoms with Crippen molar-refractivity contribution in [3.63, 3.8) is 0 Å². The van der Waals surface area contributed by atoms with Crippen molar-refractivity contribution in [3.05, 3.63) is 29.8 Å². The summed E-state index contributed by atoms with van der Waals surface area (Å²) in [4.78, 5) is 30.3. The van der Waals surface area contributed by atoms with Crippen LogP contribution in [-0.2, 0) is 24.2 Å². The van der Waals surface area contributed by atoms with Crippen molar-refractivity contribution in [2.75, 3.05) is 20.2 Å². The Labute approximate surface area is 164 Å². The van der Waals surface area contributed by atoms with E-state index >= 15 is 0 Å². The summed E-state index contributed by atoms with van der Waals surface area (Å²) in [5, 5.41) is -1.00. The van der Waals surface area contributed by atoms with Gasteiger partial charge in [-0.05, 0) is 44.7 Å². The molecule has 0 N–H and O–H groups in total. The van der Waals surface area contributed by atoms with Gasteiger partial charge in [-0.25, -0.2) is 8.42 Å². The highest BCUT2D eigenvalue weighted by molar-refractivity contribution is 7.92. The highest BCUT2D eigenvalue weighted by Gasteiger charge is 2.84. The summed E-state index contributed by atoms with van der Waals surface area (Å²) in [7, 11) is -2.59. The lowest BCUT2D eigenvalue weighted by atomic mass is 9.78. The summed E-state index contributed by atoms with van der Waals surface area (Å²) in [6, 6.07) is 6.74.